The third kappa shape index (κ3) is 110. The Morgan fingerprint density at radius 3 is 1.75 bits per heavy atom. The summed E-state index contributed by atoms with van der Waals surface area (Å²) < 4.78 is 0. The molecule has 0 unspecified atom stereocenters. The van der Waals surface area contributed by atoms with E-state index in [0.29, 0.717) is 0 Å². The van der Waals surface area contributed by atoms with Gasteiger partial charge in [-0.25, -0.2) is 0 Å². The molecule has 2 heteroatoms. The minimum Gasteiger partial charge on any atom is -0.497 e. The molecule has 0 aliphatic rings. The largest absolute Gasteiger partial charge is 0.497 e. The van der Waals surface area contributed by atoms with Crippen molar-refractivity contribution in [1.29, 1.82) is 0 Å². The van der Waals surface area contributed by atoms with Crippen molar-refractivity contribution < 1.29 is 19.5 Å². The maximum absolute atomic E-state index is 4.50. The first-order valence-electron chi connectivity index (χ1n) is 0.667. The van der Waals surface area contributed by atoms with Gasteiger partial charge in [0.15, 0.2) is 0 Å². The maximum Gasteiger partial charge on any atom is 0 e. The van der Waals surface area contributed by atoms with Gasteiger partial charge in [-0.15, -0.1) is 0 Å². The second-order valence-corrected chi connectivity index (χ2v) is 0.192. The van der Waals surface area contributed by atoms with Crippen LogP contribution in [0.3, 0.4) is 0 Å². The molecule has 4 heavy (non-hydrogen) atoms. The molecule has 0 spiro atoms. The molecule has 0 saturated carbocycles. The van der Waals surface area contributed by atoms with Crippen LogP contribution in [-0.4, -0.2) is 0 Å². The smallest absolute Gasteiger partial charge is 0 e. The molecule has 0 amide bonds. The molecule has 0 radical (unpaired) electrons. The zero-order valence-corrected chi connectivity index (χ0v) is 5.41. The van der Waals surface area contributed by atoms with Crippen LogP contribution in [0.15, 0.2) is 6.20 Å². The van der Waals surface area contributed by atoms with Crippen LogP contribution in [0.5, 0.6) is 0 Å². The van der Waals surface area contributed by atoms with E-state index in [-0.39, 0.29) is 19.5 Å². The summed E-state index contributed by atoms with van der Waals surface area (Å²) in [7, 11) is 0. The summed E-state index contributed by atoms with van der Waals surface area (Å²) in [5.74, 6) is 0. The van der Waals surface area contributed by atoms with E-state index in [9.17, 15) is 0 Å². The standard InChI is InChI=1S/C2H4N.Zn/c1-2-3;/h1-2H,3H2;/q-1;. The second kappa shape index (κ2) is 10.9. The first kappa shape index (κ1) is 8.90. The molecule has 2 N–H and O–H groups in total. The van der Waals surface area contributed by atoms with Crippen LogP contribution in [0.4, 0.5) is 0 Å². The van der Waals surface area contributed by atoms with Gasteiger partial charge >= 0.3 is 0 Å². The van der Waals surface area contributed by atoms with Gasteiger partial charge in [-0.3, -0.25) is 0 Å². The normalized spacial score (nSPS) is 3.00. The molecule has 0 bridgehead atoms. The molecular formula is C2H4NZn-. The van der Waals surface area contributed by atoms with Crippen LogP contribution in [-0.2, 0) is 19.5 Å². The SMILES string of the molecule is [CH-]=CN.[Zn]. The maximum atomic E-state index is 4.50. The van der Waals surface area contributed by atoms with Crippen molar-refractivity contribution in [2.45, 2.75) is 0 Å². The summed E-state index contributed by atoms with van der Waals surface area (Å²) in [5, 5.41) is 0. The second-order valence-electron chi connectivity index (χ2n) is 0.192. The van der Waals surface area contributed by atoms with Gasteiger partial charge in [0.25, 0.3) is 0 Å². The van der Waals surface area contributed by atoms with Crippen molar-refractivity contribution >= 4 is 0 Å². The van der Waals surface area contributed by atoms with Gasteiger partial charge in [-0.05, 0) is 0 Å². The van der Waals surface area contributed by atoms with Crippen LogP contribution < -0.4 is 5.73 Å². The average Bonchev–Trinajstić information content (AvgIpc) is 0.918. The van der Waals surface area contributed by atoms with Gasteiger partial charge in [0.1, 0.15) is 0 Å². The first-order valence-corrected chi connectivity index (χ1v) is 0.667. The predicted octanol–water partition coefficient (Wildman–Crippen LogP) is -0.111. The molecule has 0 atom stereocenters. The minimum absolute atomic E-state index is 0. The van der Waals surface area contributed by atoms with E-state index in [0.717, 1.165) is 6.20 Å². The van der Waals surface area contributed by atoms with E-state index >= 15 is 0 Å². The molecule has 0 heterocycles. The Morgan fingerprint density at radius 2 is 1.75 bits per heavy atom. The molecule has 1 nitrogen and oxygen atoms in total. The molecule has 0 aromatic carbocycles. The Bertz CT molecular complexity index is 13.5. The van der Waals surface area contributed by atoms with Gasteiger partial charge in [0, 0.05) is 19.5 Å². The molecule has 0 aliphatic heterocycles. The third-order valence-corrected chi connectivity index (χ3v) is 0. The summed E-state index contributed by atoms with van der Waals surface area (Å²) in [5.41, 5.74) is 4.50. The zero-order valence-electron chi connectivity index (χ0n) is 2.44. The molecular weight excluding hydrogens is 103 g/mol. The van der Waals surface area contributed by atoms with E-state index in [1.165, 1.54) is 0 Å². The van der Waals surface area contributed by atoms with Crippen LogP contribution >= 0.6 is 0 Å². The van der Waals surface area contributed by atoms with Crippen molar-refractivity contribution in [2.24, 2.45) is 5.73 Å². The van der Waals surface area contributed by atoms with E-state index in [4.69, 9.17) is 0 Å². The predicted molar refractivity (Wildman–Crippen MR) is 13.1 cm³/mol. The van der Waals surface area contributed by atoms with Crippen LogP contribution in [0.2, 0.25) is 0 Å². The topological polar surface area (TPSA) is 26.0 Å². The molecule has 0 aromatic heterocycles. The molecule has 20 valence electrons. The first-order chi connectivity index (χ1) is 1.41. The van der Waals surface area contributed by atoms with E-state index in [1.54, 1.807) is 0 Å². The number of hydrogen-bond acceptors (Lipinski definition) is 1. The van der Waals surface area contributed by atoms with Crippen molar-refractivity contribution in [3.63, 3.8) is 0 Å². The van der Waals surface area contributed by atoms with E-state index in [1.807, 2.05) is 0 Å². The van der Waals surface area contributed by atoms with Gasteiger partial charge < -0.3 is 12.3 Å². The van der Waals surface area contributed by atoms with Gasteiger partial charge in [-0.2, -0.15) is 6.20 Å². The Hall–Kier alpha value is 0.163. The van der Waals surface area contributed by atoms with Crippen molar-refractivity contribution in [3.8, 4) is 0 Å². The Morgan fingerprint density at radius 1 is 1.75 bits per heavy atom. The molecule has 0 aromatic rings. The van der Waals surface area contributed by atoms with Crippen LogP contribution in [0, 0.1) is 6.58 Å². The van der Waals surface area contributed by atoms with Crippen molar-refractivity contribution in [3.05, 3.63) is 12.8 Å². The number of rotatable bonds is 0. The fraction of sp³-hybridized carbons (Fsp3) is 0. The molecule has 0 fully saturated rings. The van der Waals surface area contributed by atoms with Crippen LogP contribution in [0.25, 0.3) is 0 Å². The van der Waals surface area contributed by atoms with E-state index < -0.39 is 0 Å². The quantitative estimate of drug-likeness (QED) is 0.339. The summed E-state index contributed by atoms with van der Waals surface area (Å²) in [6.45, 7) is 4.50. The Labute approximate surface area is 38.6 Å². The van der Waals surface area contributed by atoms with Crippen LogP contribution in [0.1, 0.15) is 0 Å². The number of nitrogens with two attached hydrogens (primary N) is 1. The van der Waals surface area contributed by atoms with Gasteiger partial charge in [0.05, 0.1) is 0 Å². The third-order valence-electron chi connectivity index (χ3n) is 0. The monoisotopic (exact) mass is 106 g/mol. The van der Waals surface area contributed by atoms with Crippen molar-refractivity contribution in [1.82, 2.24) is 0 Å². The minimum atomic E-state index is 0. The summed E-state index contributed by atoms with van der Waals surface area (Å²) in [6.07, 6.45) is 1.00. The van der Waals surface area contributed by atoms with Crippen molar-refractivity contribution in [2.75, 3.05) is 0 Å². The summed E-state index contributed by atoms with van der Waals surface area (Å²) >= 11 is 0. The Kier molecular flexibility index (Phi) is 24.3. The fourth-order valence-electron chi connectivity index (χ4n) is 0. The van der Waals surface area contributed by atoms with Gasteiger partial charge in [-0.1, -0.05) is 0 Å². The average molecular weight is 107 g/mol. The summed E-state index contributed by atoms with van der Waals surface area (Å²) in [4.78, 5) is 0. The molecule has 0 aliphatic carbocycles. The van der Waals surface area contributed by atoms with E-state index in [2.05, 4.69) is 12.3 Å². The Balaban J connectivity index is 0. The summed E-state index contributed by atoms with van der Waals surface area (Å²) in [6, 6.07) is 0. The number of hydrogen-bond donors (Lipinski definition) is 1. The van der Waals surface area contributed by atoms with Gasteiger partial charge in [0.2, 0.25) is 0 Å². The zero-order chi connectivity index (χ0) is 2.71. The molecule has 0 saturated heterocycles. The fourth-order valence-corrected chi connectivity index (χ4v) is 0. The molecule has 0 rings (SSSR count).